The Bertz CT molecular complexity index is 548. The highest BCUT2D eigenvalue weighted by atomic mass is 16.3. The van der Waals surface area contributed by atoms with Crippen LogP contribution in [0.4, 0.5) is 0 Å². The molecule has 0 bridgehead atoms. The van der Waals surface area contributed by atoms with Crippen molar-refractivity contribution in [2.24, 2.45) is 5.41 Å². The predicted molar refractivity (Wildman–Crippen MR) is 81.1 cm³/mol. The van der Waals surface area contributed by atoms with Crippen LogP contribution < -0.4 is 0 Å². The van der Waals surface area contributed by atoms with Crippen molar-refractivity contribution in [3.63, 3.8) is 0 Å². The van der Waals surface area contributed by atoms with E-state index in [4.69, 9.17) is 0 Å². The van der Waals surface area contributed by atoms with Crippen LogP contribution in [-0.2, 0) is 6.54 Å². The molecule has 0 unspecified atom stereocenters. The first-order valence-corrected chi connectivity index (χ1v) is 6.77. The van der Waals surface area contributed by atoms with E-state index in [1.54, 1.807) is 0 Å². The second kappa shape index (κ2) is 5.72. The Labute approximate surface area is 115 Å². The van der Waals surface area contributed by atoms with Crippen LogP contribution in [0, 0.1) is 5.41 Å². The van der Waals surface area contributed by atoms with Crippen molar-refractivity contribution in [3.05, 3.63) is 48.0 Å². The van der Waals surface area contributed by atoms with Gasteiger partial charge < -0.3 is 10.0 Å². The molecule has 2 aromatic rings. The van der Waals surface area contributed by atoms with Crippen LogP contribution in [0.2, 0.25) is 0 Å². The third-order valence-electron chi connectivity index (χ3n) is 3.39. The fraction of sp³-hybridized carbons (Fsp3) is 0.412. The van der Waals surface area contributed by atoms with Crippen LogP contribution in [0.3, 0.4) is 0 Å². The molecular weight excluding hydrogens is 234 g/mol. The number of nitrogens with zero attached hydrogens (tertiary/aromatic N) is 1. The van der Waals surface area contributed by atoms with Crippen molar-refractivity contribution in [3.8, 4) is 0 Å². The Balaban J connectivity index is 2.08. The SMILES string of the molecule is CN(Cc1ccc2ccccc2c1)CC(C)(C)CO. The first-order chi connectivity index (χ1) is 9.00. The lowest BCUT2D eigenvalue weighted by atomic mass is 9.94. The standard InChI is InChI=1S/C17H23NO/c1-17(2,13-19)12-18(3)11-14-8-9-15-6-4-5-7-16(15)10-14/h4-10,19H,11-13H2,1-3H3. The molecule has 2 heteroatoms. The molecule has 2 aromatic carbocycles. The molecule has 0 saturated carbocycles. The van der Waals surface area contributed by atoms with Gasteiger partial charge >= 0.3 is 0 Å². The Morgan fingerprint density at radius 2 is 1.74 bits per heavy atom. The van der Waals surface area contributed by atoms with Crippen molar-refractivity contribution >= 4 is 10.8 Å². The number of hydrogen-bond donors (Lipinski definition) is 1. The molecule has 0 aliphatic rings. The quantitative estimate of drug-likeness (QED) is 0.888. The second-order valence-corrected chi connectivity index (χ2v) is 6.18. The normalized spacial score (nSPS) is 12.3. The van der Waals surface area contributed by atoms with E-state index in [0.29, 0.717) is 0 Å². The highest BCUT2D eigenvalue weighted by Gasteiger charge is 2.18. The number of aliphatic hydroxyl groups excluding tert-OH is 1. The zero-order valence-electron chi connectivity index (χ0n) is 12.1. The molecule has 102 valence electrons. The number of hydrogen-bond acceptors (Lipinski definition) is 2. The molecule has 0 aromatic heterocycles. The van der Waals surface area contributed by atoms with Gasteiger partial charge in [-0.1, -0.05) is 50.2 Å². The molecular formula is C17H23NO. The summed E-state index contributed by atoms with van der Waals surface area (Å²) in [6.07, 6.45) is 0. The molecule has 2 nitrogen and oxygen atoms in total. The summed E-state index contributed by atoms with van der Waals surface area (Å²) in [6.45, 7) is 6.19. The van der Waals surface area contributed by atoms with Gasteiger partial charge in [0.2, 0.25) is 0 Å². The maximum absolute atomic E-state index is 9.32. The molecule has 2 rings (SSSR count). The van der Waals surface area contributed by atoms with E-state index in [2.05, 4.69) is 68.3 Å². The van der Waals surface area contributed by atoms with Crippen LogP contribution in [0.25, 0.3) is 10.8 Å². The fourth-order valence-corrected chi connectivity index (χ4v) is 2.49. The minimum absolute atomic E-state index is 0.0500. The van der Waals surface area contributed by atoms with Gasteiger partial charge in [-0.05, 0) is 29.4 Å². The van der Waals surface area contributed by atoms with Crippen LogP contribution in [0.15, 0.2) is 42.5 Å². The summed E-state index contributed by atoms with van der Waals surface area (Å²) in [7, 11) is 2.10. The lowest BCUT2D eigenvalue weighted by molar-refractivity contribution is 0.112. The van der Waals surface area contributed by atoms with Gasteiger partial charge in [-0.3, -0.25) is 0 Å². The summed E-state index contributed by atoms with van der Waals surface area (Å²) < 4.78 is 0. The van der Waals surface area contributed by atoms with Crippen LogP contribution in [0.5, 0.6) is 0 Å². The van der Waals surface area contributed by atoms with Crippen molar-refractivity contribution < 1.29 is 5.11 Å². The van der Waals surface area contributed by atoms with E-state index >= 15 is 0 Å². The summed E-state index contributed by atoms with van der Waals surface area (Å²) >= 11 is 0. The van der Waals surface area contributed by atoms with Gasteiger partial charge in [0.15, 0.2) is 0 Å². The molecule has 0 saturated heterocycles. The van der Waals surface area contributed by atoms with E-state index in [1.807, 2.05) is 0 Å². The molecule has 1 N–H and O–H groups in total. The highest BCUT2D eigenvalue weighted by molar-refractivity contribution is 5.82. The van der Waals surface area contributed by atoms with Crippen molar-refractivity contribution in [1.82, 2.24) is 4.90 Å². The second-order valence-electron chi connectivity index (χ2n) is 6.18. The van der Waals surface area contributed by atoms with Gasteiger partial charge in [0, 0.05) is 25.1 Å². The van der Waals surface area contributed by atoms with E-state index in [0.717, 1.165) is 13.1 Å². The van der Waals surface area contributed by atoms with Crippen molar-refractivity contribution in [2.45, 2.75) is 20.4 Å². The summed E-state index contributed by atoms with van der Waals surface area (Å²) in [6, 6.07) is 15.0. The van der Waals surface area contributed by atoms with Gasteiger partial charge in [0.05, 0.1) is 0 Å². The molecule has 0 radical (unpaired) electrons. The zero-order chi connectivity index (χ0) is 13.9. The fourth-order valence-electron chi connectivity index (χ4n) is 2.49. The molecule has 0 amide bonds. The molecule has 0 heterocycles. The number of fused-ring (bicyclic) bond motifs is 1. The first kappa shape index (κ1) is 14.0. The number of aliphatic hydroxyl groups is 1. The van der Waals surface area contributed by atoms with E-state index < -0.39 is 0 Å². The Morgan fingerprint density at radius 3 is 2.42 bits per heavy atom. The third kappa shape index (κ3) is 3.79. The zero-order valence-corrected chi connectivity index (χ0v) is 12.1. The van der Waals surface area contributed by atoms with Crippen LogP contribution >= 0.6 is 0 Å². The van der Waals surface area contributed by atoms with E-state index in [1.165, 1.54) is 16.3 Å². The minimum atomic E-state index is -0.0500. The Kier molecular flexibility index (Phi) is 4.23. The molecule has 0 atom stereocenters. The Morgan fingerprint density at radius 1 is 1.05 bits per heavy atom. The lowest BCUT2D eigenvalue weighted by Crippen LogP contribution is -2.33. The van der Waals surface area contributed by atoms with Crippen molar-refractivity contribution in [1.29, 1.82) is 0 Å². The van der Waals surface area contributed by atoms with E-state index in [-0.39, 0.29) is 12.0 Å². The maximum atomic E-state index is 9.32. The topological polar surface area (TPSA) is 23.5 Å². The smallest absolute Gasteiger partial charge is 0.0494 e. The first-order valence-electron chi connectivity index (χ1n) is 6.77. The molecule has 0 aliphatic heterocycles. The molecule has 0 aliphatic carbocycles. The maximum Gasteiger partial charge on any atom is 0.0494 e. The van der Waals surface area contributed by atoms with Crippen LogP contribution in [0.1, 0.15) is 19.4 Å². The summed E-state index contributed by atoms with van der Waals surface area (Å²) in [5.74, 6) is 0. The van der Waals surface area contributed by atoms with Crippen LogP contribution in [-0.4, -0.2) is 30.2 Å². The number of benzene rings is 2. The van der Waals surface area contributed by atoms with Gasteiger partial charge in [-0.2, -0.15) is 0 Å². The lowest BCUT2D eigenvalue weighted by Gasteiger charge is -2.28. The average molecular weight is 257 g/mol. The number of rotatable bonds is 5. The average Bonchev–Trinajstić information content (AvgIpc) is 2.38. The van der Waals surface area contributed by atoms with E-state index in [9.17, 15) is 5.11 Å². The Hall–Kier alpha value is -1.38. The molecule has 19 heavy (non-hydrogen) atoms. The van der Waals surface area contributed by atoms with Crippen molar-refractivity contribution in [2.75, 3.05) is 20.2 Å². The van der Waals surface area contributed by atoms with Gasteiger partial charge in [-0.25, -0.2) is 0 Å². The minimum Gasteiger partial charge on any atom is -0.396 e. The summed E-state index contributed by atoms with van der Waals surface area (Å²) in [5, 5.41) is 11.9. The highest BCUT2D eigenvalue weighted by Crippen LogP contribution is 2.19. The van der Waals surface area contributed by atoms with Gasteiger partial charge in [0.25, 0.3) is 0 Å². The third-order valence-corrected chi connectivity index (χ3v) is 3.39. The monoisotopic (exact) mass is 257 g/mol. The molecule has 0 fully saturated rings. The summed E-state index contributed by atoms with van der Waals surface area (Å²) in [4.78, 5) is 2.26. The predicted octanol–water partition coefficient (Wildman–Crippen LogP) is 3.29. The van der Waals surface area contributed by atoms with Gasteiger partial charge in [-0.15, -0.1) is 0 Å². The largest absolute Gasteiger partial charge is 0.396 e. The van der Waals surface area contributed by atoms with Gasteiger partial charge in [0.1, 0.15) is 0 Å². The summed E-state index contributed by atoms with van der Waals surface area (Å²) in [5.41, 5.74) is 1.26. The molecule has 0 spiro atoms.